The van der Waals surface area contributed by atoms with Gasteiger partial charge in [0.05, 0.1) is 10.2 Å². The van der Waals surface area contributed by atoms with Crippen LogP contribution in [0.15, 0.2) is 12.1 Å². The van der Waals surface area contributed by atoms with Crippen molar-refractivity contribution in [2.45, 2.75) is 33.6 Å². The zero-order chi connectivity index (χ0) is 14.7. The smallest absolute Gasteiger partial charge is 0.226 e. The first-order valence-electron chi connectivity index (χ1n) is 6.48. The summed E-state index contributed by atoms with van der Waals surface area (Å²) < 4.78 is 1.12. The van der Waals surface area contributed by atoms with Crippen LogP contribution in [0.1, 0.15) is 30.9 Å². The van der Waals surface area contributed by atoms with Crippen molar-refractivity contribution in [2.75, 3.05) is 5.32 Å². The van der Waals surface area contributed by atoms with E-state index in [4.69, 9.17) is 12.2 Å². The van der Waals surface area contributed by atoms with Gasteiger partial charge in [0, 0.05) is 6.42 Å². The molecule has 0 aliphatic rings. The summed E-state index contributed by atoms with van der Waals surface area (Å²) in [5, 5.41) is 6.63. The van der Waals surface area contributed by atoms with Crippen molar-refractivity contribution in [1.82, 2.24) is 10.3 Å². The lowest BCUT2D eigenvalue weighted by Crippen LogP contribution is -2.33. The van der Waals surface area contributed by atoms with Gasteiger partial charge in [0.1, 0.15) is 0 Å². The maximum Gasteiger partial charge on any atom is 0.226 e. The van der Waals surface area contributed by atoms with Crippen LogP contribution in [0.3, 0.4) is 0 Å². The van der Waals surface area contributed by atoms with E-state index in [1.807, 2.05) is 13.8 Å². The van der Waals surface area contributed by atoms with Crippen LogP contribution < -0.4 is 10.6 Å². The van der Waals surface area contributed by atoms with Gasteiger partial charge in [0.25, 0.3) is 0 Å². The number of aromatic nitrogens is 1. The molecule has 106 valence electrons. The fourth-order valence-electron chi connectivity index (χ4n) is 1.97. The number of hydrogen-bond donors (Lipinski definition) is 2. The summed E-state index contributed by atoms with van der Waals surface area (Å²) in [5.74, 6) is -0.0712. The standard InChI is InChI=1S/C14H17N3OS2/c1-4-5-11(18)15-13(19)17-14-16-12-9(3)6-8(2)7-10(12)20-14/h6-7H,4-5H2,1-3H3,(H2,15,16,17,18,19). The number of rotatable bonds is 3. The van der Waals surface area contributed by atoms with Gasteiger partial charge >= 0.3 is 0 Å². The molecule has 0 bridgehead atoms. The Labute approximate surface area is 127 Å². The first-order chi connectivity index (χ1) is 9.49. The highest BCUT2D eigenvalue weighted by Crippen LogP contribution is 2.29. The van der Waals surface area contributed by atoms with Gasteiger partial charge in [-0.25, -0.2) is 4.98 Å². The third kappa shape index (κ3) is 3.52. The predicted octanol–water partition coefficient (Wildman–Crippen LogP) is 3.53. The molecule has 20 heavy (non-hydrogen) atoms. The van der Waals surface area contributed by atoms with Crippen molar-refractivity contribution in [3.8, 4) is 0 Å². The van der Waals surface area contributed by atoms with Crippen molar-refractivity contribution < 1.29 is 4.79 Å². The number of thiazole rings is 1. The van der Waals surface area contributed by atoms with Crippen molar-refractivity contribution in [2.24, 2.45) is 0 Å². The monoisotopic (exact) mass is 307 g/mol. The molecule has 0 saturated heterocycles. The van der Waals surface area contributed by atoms with Gasteiger partial charge in [0.2, 0.25) is 5.91 Å². The first kappa shape index (κ1) is 14.9. The summed E-state index contributed by atoms with van der Waals surface area (Å²) in [5.41, 5.74) is 3.33. The molecule has 1 heterocycles. The highest BCUT2D eigenvalue weighted by atomic mass is 32.1. The zero-order valence-electron chi connectivity index (χ0n) is 11.7. The molecule has 1 aromatic heterocycles. The average molecular weight is 307 g/mol. The quantitative estimate of drug-likeness (QED) is 0.852. The van der Waals surface area contributed by atoms with Gasteiger partial charge < -0.3 is 10.6 Å². The Balaban J connectivity index is 2.12. The molecule has 0 atom stereocenters. The van der Waals surface area contributed by atoms with Crippen LogP contribution in [0.4, 0.5) is 5.13 Å². The van der Waals surface area contributed by atoms with Gasteiger partial charge in [-0.2, -0.15) is 0 Å². The van der Waals surface area contributed by atoms with Gasteiger partial charge in [-0.3, -0.25) is 4.79 Å². The van der Waals surface area contributed by atoms with E-state index in [-0.39, 0.29) is 5.91 Å². The van der Waals surface area contributed by atoms with Crippen molar-refractivity contribution in [3.05, 3.63) is 23.3 Å². The van der Waals surface area contributed by atoms with Crippen LogP contribution in [0.5, 0.6) is 0 Å². The number of aryl methyl sites for hydroxylation is 2. The Morgan fingerprint density at radius 2 is 2.15 bits per heavy atom. The predicted molar refractivity (Wildman–Crippen MR) is 88.4 cm³/mol. The fraction of sp³-hybridized carbons (Fsp3) is 0.357. The topological polar surface area (TPSA) is 54.0 Å². The van der Waals surface area contributed by atoms with E-state index in [1.165, 1.54) is 16.9 Å². The second-order valence-corrected chi connectivity index (χ2v) is 6.14. The van der Waals surface area contributed by atoms with Crippen LogP contribution >= 0.6 is 23.6 Å². The Hall–Kier alpha value is -1.53. The molecule has 2 rings (SSSR count). The average Bonchev–Trinajstić information content (AvgIpc) is 2.71. The van der Waals surface area contributed by atoms with Crippen LogP contribution in [-0.4, -0.2) is 16.0 Å². The third-order valence-corrected chi connectivity index (χ3v) is 3.90. The third-order valence-electron chi connectivity index (χ3n) is 2.78. The number of nitrogens with one attached hydrogen (secondary N) is 2. The summed E-state index contributed by atoms with van der Waals surface area (Å²) in [6.45, 7) is 6.06. The molecule has 0 aliphatic carbocycles. The minimum absolute atomic E-state index is 0.0712. The minimum Gasteiger partial charge on any atom is -0.308 e. The largest absolute Gasteiger partial charge is 0.308 e. The van der Waals surface area contributed by atoms with Crippen molar-refractivity contribution >= 4 is 49.9 Å². The number of fused-ring (bicyclic) bond motifs is 1. The maximum absolute atomic E-state index is 11.5. The fourth-order valence-corrected chi connectivity index (χ4v) is 3.29. The maximum atomic E-state index is 11.5. The molecule has 0 aliphatic heterocycles. The normalized spacial score (nSPS) is 10.6. The molecule has 2 aromatic rings. The molecule has 0 unspecified atom stereocenters. The summed E-state index contributed by atoms with van der Waals surface area (Å²) in [6.07, 6.45) is 1.27. The molecule has 4 nitrogen and oxygen atoms in total. The number of carbonyl (C=O) groups excluding carboxylic acids is 1. The number of benzene rings is 1. The van der Waals surface area contributed by atoms with Crippen LogP contribution in [0.2, 0.25) is 0 Å². The number of amides is 1. The van der Waals surface area contributed by atoms with E-state index in [0.717, 1.165) is 22.2 Å². The molecular weight excluding hydrogens is 290 g/mol. The molecule has 0 radical (unpaired) electrons. The molecule has 0 spiro atoms. The van der Waals surface area contributed by atoms with Crippen LogP contribution in [-0.2, 0) is 4.79 Å². The molecule has 0 saturated carbocycles. The van der Waals surface area contributed by atoms with Gasteiger partial charge in [-0.1, -0.05) is 24.3 Å². The number of nitrogens with zero attached hydrogens (tertiary/aromatic N) is 1. The van der Waals surface area contributed by atoms with Gasteiger partial charge in [-0.15, -0.1) is 0 Å². The molecule has 2 N–H and O–H groups in total. The SMILES string of the molecule is CCCC(=O)NC(=S)Nc1nc2c(C)cc(C)cc2s1. The Morgan fingerprint density at radius 1 is 1.40 bits per heavy atom. The lowest BCUT2D eigenvalue weighted by Gasteiger charge is -2.05. The summed E-state index contributed by atoms with van der Waals surface area (Å²) in [6, 6.07) is 4.21. The van der Waals surface area contributed by atoms with Crippen molar-refractivity contribution in [3.63, 3.8) is 0 Å². The van der Waals surface area contributed by atoms with Gasteiger partial charge in [-0.05, 0) is 49.7 Å². The van der Waals surface area contributed by atoms with E-state index in [0.29, 0.717) is 16.7 Å². The Bertz CT molecular complexity index is 664. The molecule has 6 heteroatoms. The van der Waals surface area contributed by atoms with E-state index < -0.39 is 0 Å². The number of carbonyl (C=O) groups is 1. The van der Waals surface area contributed by atoms with Crippen LogP contribution in [0, 0.1) is 13.8 Å². The molecular formula is C14H17N3OS2. The molecule has 1 aromatic carbocycles. The Kier molecular flexibility index (Phi) is 4.67. The van der Waals surface area contributed by atoms with Crippen molar-refractivity contribution in [1.29, 1.82) is 0 Å². The number of anilines is 1. The molecule has 1 amide bonds. The first-order valence-corrected chi connectivity index (χ1v) is 7.70. The minimum atomic E-state index is -0.0712. The zero-order valence-corrected chi connectivity index (χ0v) is 13.4. The van der Waals surface area contributed by atoms with E-state index in [9.17, 15) is 4.79 Å². The lowest BCUT2D eigenvalue weighted by atomic mass is 10.1. The summed E-state index contributed by atoms with van der Waals surface area (Å²) in [4.78, 5) is 16.0. The molecule has 0 fully saturated rings. The summed E-state index contributed by atoms with van der Waals surface area (Å²) >= 11 is 6.65. The highest BCUT2D eigenvalue weighted by molar-refractivity contribution is 7.80. The highest BCUT2D eigenvalue weighted by Gasteiger charge is 2.09. The lowest BCUT2D eigenvalue weighted by molar-refractivity contribution is -0.119. The number of thiocarbonyl (C=S) groups is 1. The number of hydrogen-bond acceptors (Lipinski definition) is 4. The van der Waals surface area contributed by atoms with Crippen LogP contribution in [0.25, 0.3) is 10.2 Å². The second kappa shape index (κ2) is 6.28. The van der Waals surface area contributed by atoms with E-state index >= 15 is 0 Å². The second-order valence-electron chi connectivity index (χ2n) is 4.70. The Morgan fingerprint density at radius 3 is 2.85 bits per heavy atom. The van der Waals surface area contributed by atoms with E-state index in [1.54, 1.807) is 0 Å². The summed E-state index contributed by atoms with van der Waals surface area (Å²) in [7, 11) is 0. The van der Waals surface area contributed by atoms with E-state index in [2.05, 4.69) is 34.7 Å². The van der Waals surface area contributed by atoms with Gasteiger partial charge in [0.15, 0.2) is 10.2 Å².